The van der Waals surface area contributed by atoms with Gasteiger partial charge >= 0.3 is 0 Å². The van der Waals surface area contributed by atoms with E-state index in [0.29, 0.717) is 18.3 Å². The highest BCUT2D eigenvalue weighted by molar-refractivity contribution is 7.92. The molecular weight excluding hydrogens is 246 g/mol. The van der Waals surface area contributed by atoms with Crippen molar-refractivity contribution in [3.05, 3.63) is 0 Å². The highest BCUT2D eigenvalue weighted by atomic mass is 35.5. The van der Waals surface area contributed by atoms with Gasteiger partial charge in [-0.3, -0.25) is 0 Å². The Labute approximate surface area is 105 Å². The Morgan fingerprint density at radius 1 is 1.31 bits per heavy atom. The van der Waals surface area contributed by atoms with E-state index in [2.05, 4.69) is 12.2 Å². The molecule has 0 amide bonds. The van der Waals surface area contributed by atoms with E-state index in [1.807, 2.05) is 0 Å². The van der Waals surface area contributed by atoms with Crippen LogP contribution in [0, 0.1) is 5.92 Å². The van der Waals surface area contributed by atoms with Crippen LogP contribution in [0.25, 0.3) is 0 Å². The van der Waals surface area contributed by atoms with Gasteiger partial charge in [-0.05, 0) is 32.7 Å². The van der Waals surface area contributed by atoms with Gasteiger partial charge in [0.1, 0.15) is 0 Å². The Morgan fingerprint density at radius 3 is 2.38 bits per heavy atom. The Morgan fingerprint density at radius 2 is 1.94 bits per heavy atom. The molecule has 0 aromatic carbocycles. The van der Waals surface area contributed by atoms with E-state index in [1.54, 1.807) is 13.8 Å². The molecule has 16 heavy (non-hydrogen) atoms. The molecule has 1 unspecified atom stereocenters. The number of sulfone groups is 1. The molecule has 0 heterocycles. The van der Waals surface area contributed by atoms with Crippen molar-refractivity contribution in [3.63, 3.8) is 0 Å². The Kier molecular flexibility index (Phi) is 8.42. The largest absolute Gasteiger partial charge is 0.315 e. The van der Waals surface area contributed by atoms with Gasteiger partial charge in [-0.15, -0.1) is 11.6 Å². The van der Waals surface area contributed by atoms with Crippen LogP contribution in [-0.4, -0.2) is 38.4 Å². The summed E-state index contributed by atoms with van der Waals surface area (Å²) in [6, 6.07) is 0. The van der Waals surface area contributed by atoms with E-state index >= 15 is 0 Å². The summed E-state index contributed by atoms with van der Waals surface area (Å²) in [6.45, 7) is 6.97. The van der Waals surface area contributed by atoms with Crippen molar-refractivity contribution >= 4 is 21.4 Å². The summed E-state index contributed by atoms with van der Waals surface area (Å²) in [5, 5.41) is 2.92. The first-order valence-electron chi connectivity index (χ1n) is 5.92. The van der Waals surface area contributed by atoms with Crippen LogP contribution >= 0.6 is 11.6 Å². The van der Waals surface area contributed by atoms with Crippen LogP contribution in [0.15, 0.2) is 0 Å². The summed E-state index contributed by atoms with van der Waals surface area (Å²) in [5.41, 5.74) is 0. The van der Waals surface area contributed by atoms with E-state index in [1.165, 1.54) is 0 Å². The molecule has 0 fully saturated rings. The van der Waals surface area contributed by atoms with E-state index in [4.69, 9.17) is 11.6 Å². The first-order chi connectivity index (χ1) is 7.44. The van der Waals surface area contributed by atoms with Crippen LogP contribution in [0.1, 0.15) is 33.6 Å². The molecule has 1 atom stereocenters. The van der Waals surface area contributed by atoms with Crippen molar-refractivity contribution < 1.29 is 8.42 Å². The normalized spacial score (nSPS) is 14.3. The highest BCUT2D eigenvalue weighted by Gasteiger charge is 2.15. The zero-order valence-electron chi connectivity index (χ0n) is 10.5. The van der Waals surface area contributed by atoms with Gasteiger partial charge in [-0.25, -0.2) is 8.42 Å². The lowest BCUT2D eigenvalue weighted by Crippen LogP contribution is -2.30. The minimum absolute atomic E-state index is 0.224. The van der Waals surface area contributed by atoms with E-state index in [0.717, 1.165) is 19.4 Å². The molecule has 0 rings (SSSR count). The minimum Gasteiger partial charge on any atom is -0.315 e. The van der Waals surface area contributed by atoms with Gasteiger partial charge in [-0.2, -0.15) is 0 Å². The van der Waals surface area contributed by atoms with Crippen LogP contribution in [0.2, 0.25) is 0 Å². The van der Waals surface area contributed by atoms with Gasteiger partial charge in [0.2, 0.25) is 0 Å². The summed E-state index contributed by atoms with van der Waals surface area (Å²) in [7, 11) is -2.90. The summed E-state index contributed by atoms with van der Waals surface area (Å²) in [5.74, 6) is 1.45. The van der Waals surface area contributed by atoms with E-state index < -0.39 is 9.84 Å². The fourth-order valence-corrected chi connectivity index (χ4v) is 2.57. The smallest absolute Gasteiger partial charge is 0.153 e. The predicted octanol–water partition coefficient (Wildman–Crippen LogP) is 2.05. The Bertz CT molecular complexity index is 265. The standard InChI is InChI=1S/C11H24ClNO2S/c1-4-11(5-6-12)9-13-7-8-16(14,15)10(2)3/h10-11,13H,4-9H2,1-3H3. The molecule has 0 aliphatic carbocycles. The molecule has 98 valence electrons. The quantitative estimate of drug-likeness (QED) is 0.515. The van der Waals surface area contributed by atoms with Crippen molar-refractivity contribution in [2.24, 2.45) is 5.92 Å². The molecule has 5 heteroatoms. The lowest BCUT2D eigenvalue weighted by atomic mass is 10.0. The SMILES string of the molecule is CCC(CCCl)CNCCS(=O)(=O)C(C)C. The van der Waals surface area contributed by atoms with Crippen LogP contribution in [0.5, 0.6) is 0 Å². The minimum atomic E-state index is -2.90. The van der Waals surface area contributed by atoms with E-state index in [9.17, 15) is 8.42 Å². The maximum atomic E-state index is 11.5. The van der Waals surface area contributed by atoms with Crippen LogP contribution in [-0.2, 0) is 9.84 Å². The fourth-order valence-electron chi connectivity index (χ4n) is 1.36. The summed E-state index contributed by atoms with van der Waals surface area (Å²) >= 11 is 5.68. The Balaban J connectivity index is 3.75. The van der Waals surface area contributed by atoms with Gasteiger partial charge in [0.05, 0.1) is 11.0 Å². The lowest BCUT2D eigenvalue weighted by molar-refractivity contribution is 0.458. The van der Waals surface area contributed by atoms with Crippen molar-refractivity contribution in [3.8, 4) is 0 Å². The number of hydrogen-bond acceptors (Lipinski definition) is 3. The average molecular weight is 270 g/mol. The molecule has 0 bridgehead atoms. The fraction of sp³-hybridized carbons (Fsp3) is 1.00. The van der Waals surface area contributed by atoms with Gasteiger partial charge in [0.15, 0.2) is 9.84 Å². The molecule has 0 spiro atoms. The van der Waals surface area contributed by atoms with Crippen LogP contribution in [0.3, 0.4) is 0 Å². The summed E-state index contributed by atoms with van der Waals surface area (Å²) in [4.78, 5) is 0. The third kappa shape index (κ3) is 6.71. The molecule has 0 aromatic rings. The first-order valence-corrected chi connectivity index (χ1v) is 8.17. The maximum Gasteiger partial charge on any atom is 0.153 e. The second-order valence-corrected chi connectivity index (χ2v) is 7.43. The van der Waals surface area contributed by atoms with Crippen LogP contribution in [0.4, 0.5) is 0 Å². The summed E-state index contributed by atoms with van der Waals surface area (Å²) in [6.07, 6.45) is 2.07. The zero-order valence-corrected chi connectivity index (χ0v) is 12.1. The molecule has 1 N–H and O–H groups in total. The highest BCUT2D eigenvalue weighted by Crippen LogP contribution is 2.07. The molecular formula is C11H24ClNO2S. The van der Waals surface area contributed by atoms with Gasteiger partial charge in [0, 0.05) is 12.4 Å². The average Bonchev–Trinajstić information content (AvgIpc) is 2.22. The second kappa shape index (κ2) is 8.31. The molecule has 0 aromatic heterocycles. The van der Waals surface area contributed by atoms with Crippen molar-refractivity contribution in [2.45, 2.75) is 38.9 Å². The number of halogens is 1. The van der Waals surface area contributed by atoms with Gasteiger partial charge < -0.3 is 5.32 Å². The molecule has 0 saturated heterocycles. The van der Waals surface area contributed by atoms with Crippen molar-refractivity contribution in [2.75, 3.05) is 24.7 Å². The number of nitrogens with one attached hydrogen (secondary N) is 1. The zero-order chi connectivity index (χ0) is 12.6. The third-order valence-corrected chi connectivity index (χ3v) is 5.24. The predicted molar refractivity (Wildman–Crippen MR) is 70.9 cm³/mol. The number of alkyl halides is 1. The van der Waals surface area contributed by atoms with Gasteiger partial charge in [-0.1, -0.05) is 13.3 Å². The van der Waals surface area contributed by atoms with Crippen LogP contribution < -0.4 is 5.32 Å². The molecule has 3 nitrogen and oxygen atoms in total. The molecule has 0 aliphatic rings. The third-order valence-electron chi connectivity index (χ3n) is 2.81. The maximum absolute atomic E-state index is 11.5. The number of rotatable bonds is 9. The summed E-state index contributed by atoms with van der Waals surface area (Å²) < 4.78 is 23.0. The molecule has 0 saturated carbocycles. The van der Waals surface area contributed by atoms with Crippen molar-refractivity contribution in [1.82, 2.24) is 5.32 Å². The van der Waals surface area contributed by atoms with Gasteiger partial charge in [0.25, 0.3) is 0 Å². The first kappa shape index (κ1) is 16.2. The lowest BCUT2D eigenvalue weighted by Gasteiger charge is -2.14. The number of hydrogen-bond donors (Lipinski definition) is 1. The van der Waals surface area contributed by atoms with Crippen molar-refractivity contribution in [1.29, 1.82) is 0 Å². The monoisotopic (exact) mass is 269 g/mol. The second-order valence-electron chi connectivity index (χ2n) is 4.37. The molecule has 0 aliphatic heterocycles. The van der Waals surface area contributed by atoms with E-state index in [-0.39, 0.29) is 11.0 Å². The Hall–Kier alpha value is 0.200. The molecule has 0 radical (unpaired) electrons. The topological polar surface area (TPSA) is 46.2 Å².